The fraction of sp³-hybridized carbons (Fsp3) is 0.243. The van der Waals surface area contributed by atoms with Gasteiger partial charge >= 0.3 is 234 Å². The molecule has 2 atom stereocenters. The van der Waals surface area contributed by atoms with Crippen LogP contribution in [0.2, 0.25) is 9.36 Å². The van der Waals surface area contributed by atoms with E-state index in [0.717, 1.165) is 0 Å². The van der Waals surface area contributed by atoms with Gasteiger partial charge in [-0.1, -0.05) is 0 Å². The van der Waals surface area contributed by atoms with E-state index in [1.54, 1.807) is 22.3 Å². The van der Waals surface area contributed by atoms with Crippen LogP contribution < -0.4 is 0 Å². The average molecular weight is 659 g/mol. The average Bonchev–Trinajstić information content (AvgIpc) is 3.51. The summed E-state index contributed by atoms with van der Waals surface area (Å²) >= 11 is -2.98. The van der Waals surface area contributed by atoms with E-state index in [2.05, 4.69) is 134 Å². The van der Waals surface area contributed by atoms with Gasteiger partial charge in [-0.15, -0.1) is 0 Å². The fourth-order valence-electron chi connectivity index (χ4n) is 7.79. The second-order valence-electron chi connectivity index (χ2n) is 12.9. The van der Waals surface area contributed by atoms with Crippen LogP contribution in [0.4, 0.5) is 0 Å². The molecule has 1 heterocycles. The molecule has 38 heavy (non-hydrogen) atoms. The summed E-state index contributed by atoms with van der Waals surface area (Å²) in [6.07, 6.45) is 5.22. The van der Waals surface area contributed by atoms with Crippen LogP contribution in [-0.2, 0) is 20.0 Å². The normalized spacial score (nSPS) is 21.6. The molecule has 2 aliphatic carbocycles. The Morgan fingerprint density at radius 1 is 0.553 bits per heavy atom. The number of allylic oxidation sites excluding steroid dienone is 2. The second kappa shape index (κ2) is 8.36. The predicted molar refractivity (Wildman–Crippen MR) is 160 cm³/mol. The maximum absolute atomic E-state index is 2.98. The molecule has 0 nitrogen and oxygen atoms in total. The van der Waals surface area contributed by atoms with Gasteiger partial charge < -0.3 is 0 Å². The zero-order chi connectivity index (χ0) is 26.4. The van der Waals surface area contributed by atoms with E-state index < -0.39 is 20.0 Å². The van der Waals surface area contributed by atoms with Crippen molar-refractivity contribution in [1.82, 2.24) is 0 Å². The van der Waals surface area contributed by atoms with E-state index in [1.807, 2.05) is 0 Å². The first-order chi connectivity index (χ1) is 18.2. The molecule has 0 aromatic heterocycles. The van der Waals surface area contributed by atoms with Gasteiger partial charge in [-0.05, 0) is 0 Å². The third-order valence-corrected chi connectivity index (χ3v) is 24.9. The minimum atomic E-state index is -2.98. The van der Waals surface area contributed by atoms with Crippen molar-refractivity contribution in [2.24, 2.45) is 5.41 Å². The summed E-state index contributed by atoms with van der Waals surface area (Å²) in [4.78, 5) is 0. The van der Waals surface area contributed by atoms with Crippen molar-refractivity contribution in [2.75, 3.05) is 0 Å². The van der Waals surface area contributed by atoms with Crippen LogP contribution in [0.5, 0.6) is 0 Å². The fourth-order valence-corrected chi connectivity index (χ4v) is 25.5. The summed E-state index contributed by atoms with van der Waals surface area (Å²) in [6.45, 7) is 9.35. The zero-order valence-corrected chi connectivity index (χ0v) is 27.0. The summed E-state index contributed by atoms with van der Waals surface area (Å²) in [5.41, 5.74) is 17.6. The number of aryl methyl sites for hydroxylation is 2. The Bertz CT molecular complexity index is 1540. The molecule has 0 radical (unpaired) electrons. The van der Waals surface area contributed by atoms with Crippen LogP contribution in [0, 0.1) is 19.3 Å². The molecule has 4 aromatic rings. The van der Waals surface area contributed by atoms with Gasteiger partial charge in [0, 0.05) is 0 Å². The monoisotopic (exact) mass is 660 g/mol. The first-order valence-corrected chi connectivity index (χ1v) is 25.4. The zero-order valence-electron chi connectivity index (χ0n) is 23.4. The first kappa shape index (κ1) is 24.3. The predicted octanol–water partition coefficient (Wildman–Crippen LogP) is 10.5. The van der Waals surface area contributed by atoms with E-state index in [-0.39, 0.29) is 5.41 Å². The van der Waals surface area contributed by atoms with E-state index in [1.165, 1.54) is 44.5 Å². The molecule has 2 unspecified atom stereocenters. The van der Waals surface area contributed by atoms with Crippen molar-refractivity contribution in [3.63, 3.8) is 0 Å². The van der Waals surface area contributed by atoms with Crippen LogP contribution in [0.15, 0.2) is 96.1 Å². The summed E-state index contributed by atoms with van der Waals surface area (Å²) in [7, 11) is 0. The molecule has 1 aliphatic heterocycles. The Kier molecular flexibility index (Phi) is 5.34. The van der Waals surface area contributed by atoms with Crippen LogP contribution in [-0.4, -0.2) is 0 Å². The minimum absolute atomic E-state index is 0.0397. The molecule has 1 fully saturated rings. The molecule has 0 spiro atoms. The van der Waals surface area contributed by atoms with Gasteiger partial charge in [-0.25, -0.2) is 0 Å². The van der Waals surface area contributed by atoms with Crippen molar-refractivity contribution in [2.45, 2.75) is 44.4 Å². The third kappa shape index (κ3) is 3.37. The number of hydrogen-bond donors (Lipinski definition) is 0. The molecule has 1 heteroatoms. The summed E-state index contributed by atoms with van der Waals surface area (Å²) in [5.74, 6) is 0. The second-order valence-corrected chi connectivity index (χ2v) is 30.1. The summed E-state index contributed by atoms with van der Waals surface area (Å²) in [5, 5.41) is 0. The van der Waals surface area contributed by atoms with Crippen LogP contribution in [0.1, 0.15) is 54.6 Å². The van der Waals surface area contributed by atoms with Crippen LogP contribution >= 0.6 is 0 Å². The molecule has 3 aliphatic rings. The Morgan fingerprint density at radius 2 is 0.947 bits per heavy atom. The summed E-state index contributed by atoms with van der Waals surface area (Å²) < 4.78 is 6.71. The third-order valence-electron chi connectivity index (χ3n) is 9.78. The Morgan fingerprint density at radius 3 is 1.34 bits per heavy atom. The van der Waals surface area contributed by atoms with Crippen LogP contribution in [0.25, 0.3) is 34.4 Å². The van der Waals surface area contributed by atoms with E-state index in [4.69, 9.17) is 0 Å². The quantitative estimate of drug-likeness (QED) is 0.188. The van der Waals surface area contributed by atoms with Gasteiger partial charge in [0.1, 0.15) is 0 Å². The summed E-state index contributed by atoms with van der Waals surface area (Å²) in [6, 6.07) is 32.4. The molecule has 0 bridgehead atoms. The molecular formula is C37H36Hf. The first-order valence-electron chi connectivity index (χ1n) is 14.0. The molecule has 0 N–H and O–H groups in total. The van der Waals surface area contributed by atoms with Gasteiger partial charge in [0.25, 0.3) is 0 Å². The number of benzene rings is 4. The Labute approximate surface area is 232 Å². The molecule has 4 aromatic carbocycles. The Balaban J connectivity index is 1.42. The van der Waals surface area contributed by atoms with Crippen molar-refractivity contribution < 1.29 is 20.0 Å². The number of hydrogen-bond acceptors (Lipinski definition) is 0. The van der Waals surface area contributed by atoms with E-state index in [0.29, 0.717) is 7.35 Å². The molecule has 0 saturated carbocycles. The van der Waals surface area contributed by atoms with Crippen molar-refractivity contribution in [3.05, 3.63) is 129 Å². The van der Waals surface area contributed by atoms with Gasteiger partial charge in [-0.3, -0.25) is 0 Å². The number of rotatable bonds is 2. The molecular weight excluding hydrogens is 623 g/mol. The van der Waals surface area contributed by atoms with Crippen molar-refractivity contribution in [3.8, 4) is 22.3 Å². The van der Waals surface area contributed by atoms with Crippen LogP contribution in [0.3, 0.4) is 0 Å². The van der Waals surface area contributed by atoms with E-state index in [9.17, 15) is 0 Å². The molecule has 0 amide bonds. The van der Waals surface area contributed by atoms with Gasteiger partial charge in [0.15, 0.2) is 0 Å². The van der Waals surface area contributed by atoms with Gasteiger partial charge in [0.05, 0.1) is 0 Å². The standard InChI is InChI=1S/C35H30.2CH3.Hf/c1-23-11-15-25(16-12-23)31-9-5-7-27-19-29(21-33(27)31)35(3,4)30-20-28-8-6-10-32(34(28)22-30)26-17-13-24(2)14-18-26;;;/h5-22H,1-4H3;2*1H3;. The maximum atomic E-state index is 2.74. The Hall–Kier alpha value is -2.77. The van der Waals surface area contributed by atoms with E-state index >= 15 is 0 Å². The topological polar surface area (TPSA) is 0 Å². The van der Waals surface area contributed by atoms with Gasteiger partial charge in [-0.2, -0.15) is 0 Å². The molecule has 1 saturated heterocycles. The van der Waals surface area contributed by atoms with Crippen molar-refractivity contribution >= 4 is 12.2 Å². The number of fused-ring (bicyclic) bond motifs is 6. The molecule has 7 rings (SSSR count). The van der Waals surface area contributed by atoms with Gasteiger partial charge in [0.2, 0.25) is 0 Å². The molecule has 188 valence electrons. The SMILES string of the molecule is Cc1ccc(-c2cccc3c2C=C2[CH]3[Hf]([CH3])([CH3])[CH]3C(=Cc4c(-c5ccc(C)cc5)cccc43)C2(C)C)cc1. The van der Waals surface area contributed by atoms with Crippen molar-refractivity contribution in [1.29, 1.82) is 0 Å².